The van der Waals surface area contributed by atoms with Crippen LogP contribution < -0.4 is 16.0 Å². The van der Waals surface area contributed by atoms with E-state index in [0.29, 0.717) is 11.2 Å². The summed E-state index contributed by atoms with van der Waals surface area (Å²) in [4.78, 5) is 11.4. The maximum Gasteiger partial charge on any atom is 0.239 e. The molecule has 0 heterocycles. The fourth-order valence-corrected chi connectivity index (χ4v) is 1.87. The van der Waals surface area contributed by atoms with E-state index in [9.17, 15) is 4.79 Å². The largest absolute Gasteiger partial charge is 0.362 e. The zero-order chi connectivity index (χ0) is 13.5. The maximum absolute atomic E-state index is 11.4. The van der Waals surface area contributed by atoms with E-state index in [-0.39, 0.29) is 12.5 Å². The van der Waals surface area contributed by atoms with Crippen molar-refractivity contribution in [2.75, 3.05) is 13.1 Å². The molecule has 0 aliphatic heterocycles. The number of carbonyl (C=O) groups excluding carboxylic acids is 1. The number of hydrogen-bond donors (Lipinski definition) is 3. The number of nitrogens with one attached hydrogen (secondary N) is 3. The van der Waals surface area contributed by atoms with E-state index in [1.54, 1.807) is 0 Å². The van der Waals surface area contributed by atoms with Crippen molar-refractivity contribution in [1.82, 2.24) is 16.0 Å². The first-order valence-electron chi connectivity index (χ1n) is 6.59. The summed E-state index contributed by atoms with van der Waals surface area (Å²) in [6, 6.07) is 10.6. The van der Waals surface area contributed by atoms with Crippen LogP contribution in [0.2, 0.25) is 0 Å². The molecular formula is C14H19N3OS. The molecule has 19 heavy (non-hydrogen) atoms. The molecule has 0 spiro atoms. The van der Waals surface area contributed by atoms with Gasteiger partial charge in [-0.15, -0.1) is 0 Å². The molecule has 1 amide bonds. The van der Waals surface area contributed by atoms with Gasteiger partial charge in [-0.2, -0.15) is 0 Å². The zero-order valence-corrected chi connectivity index (χ0v) is 11.6. The number of rotatable bonds is 6. The summed E-state index contributed by atoms with van der Waals surface area (Å²) in [6.45, 7) is 1.01. The van der Waals surface area contributed by atoms with Gasteiger partial charge in [-0.1, -0.05) is 30.3 Å². The Bertz CT molecular complexity index is 432. The highest BCUT2D eigenvalue weighted by molar-refractivity contribution is 7.80. The Morgan fingerprint density at radius 1 is 1.21 bits per heavy atom. The van der Waals surface area contributed by atoms with Gasteiger partial charge in [0.25, 0.3) is 0 Å². The van der Waals surface area contributed by atoms with E-state index in [0.717, 1.165) is 25.8 Å². The van der Waals surface area contributed by atoms with Crippen molar-refractivity contribution in [3.63, 3.8) is 0 Å². The second-order valence-corrected chi connectivity index (χ2v) is 5.10. The minimum atomic E-state index is 0.00899. The maximum atomic E-state index is 11.4. The molecule has 1 aliphatic carbocycles. The quantitative estimate of drug-likeness (QED) is 0.678. The minimum absolute atomic E-state index is 0.00899. The Balaban J connectivity index is 1.55. The minimum Gasteiger partial charge on any atom is -0.362 e. The van der Waals surface area contributed by atoms with Crippen molar-refractivity contribution in [1.29, 1.82) is 0 Å². The average molecular weight is 277 g/mol. The van der Waals surface area contributed by atoms with Gasteiger partial charge >= 0.3 is 0 Å². The van der Waals surface area contributed by atoms with E-state index in [1.165, 1.54) is 5.56 Å². The molecule has 0 unspecified atom stereocenters. The van der Waals surface area contributed by atoms with E-state index in [2.05, 4.69) is 28.1 Å². The van der Waals surface area contributed by atoms with Crippen LogP contribution in [0.3, 0.4) is 0 Å². The number of carbonyl (C=O) groups is 1. The van der Waals surface area contributed by atoms with E-state index >= 15 is 0 Å². The van der Waals surface area contributed by atoms with Gasteiger partial charge in [0.05, 0.1) is 6.54 Å². The second-order valence-electron chi connectivity index (χ2n) is 4.69. The number of thiocarbonyl (C=S) groups is 1. The van der Waals surface area contributed by atoms with Gasteiger partial charge in [-0.25, -0.2) is 0 Å². The van der Waals surface area contributed by atoms with Crippen molar-refractivity contribution in [3.8, 4) is 0 Å². The fraction of sp³-hybridized carbons (Fsp3) is 0.429. The van der Waals surface area contributed by atoms with Crippen LogP contribution in [0.4, 0.5) is 0 Å². The molecule has 0 atom stereocenters. The summed E-state index contributed by atoms with van der Waals surface area (Å²) in [5, 5.41) is 9.44. The van der Waals surface area contributed by atoms with Crippen LogP contribution in [-0.2, 0) is 11.2 Å². The molecule has 102 valence electrons. The SMILES string of the molecule is O=C(CNC(=S)NCCc1ccccc1)NC1CC1. The predicted octanol–water partition coefficient (Wildman–Crippen LogP) is 0.972. The van der Waals surface area contributed by atoms with Gasteiger partial charge in [0.2, 0.25) is 5.91 Å². The predicted molar refractivity (Wildman–Crippen MR) is 79.9 cm³/mol. The molecule has 0 bridgehead atoms. The van der Waals surface area contributed by atoms with Crippen LogP contribution >= 0.6 is 12.2 Å². The van der Waals surface area contributed by atoms with Crippen LogP contribution in [0.1, 0.15) is 18.4 Å². The summed E-state index contributed by atoms with van der Waals surface area (Å²) in [5.41, 5.74) is 1.27. The first-order valence-corrected chi connectivity index (χ1v) is 7.00. The molecule has 1 aromatic rings. The summed E-state index contributed by atoms with van der Waals surface area (Å²) in [6.07, 6.45) is 3.12. The highest BCUT2D eigenvalue weighted by Gasteiger charge is 2.22. The topological polar surface area (TPSA) is 53.2 Å². The van der Waals surface area contributed by atoms with Crippen molar-refractivity contribution in [3.05, 3.63) is 35.9 Å². The molecule has 1 saturated carbocycles. The monoisotopic (exact) mass is 277 g/mol. The molecule has 1 aromatic carbocycles. The standard InChI is InChI=1S/C14H19N3OS/c18-13(17-12-6-7-12)10-16-14(19)15-9-8-11-4-2-1-3-5-11/h1-5,12H,6-10H2,(H,17,18)(H2,15,16,19). The Morgan fingerprint density at radius 2 is 1.95 bits per heavy atom. The zero-order valence-electron chi connectivity index (χ0n) is 10.8. The lowest BCUT2D eigenvalue weighted by Gasteiger charge is -2.10. The van der Waals surface area contributed by atoms with Crippen molar-refractivity contribution in [2.45, 2.75) is 25.3 Å². The van der Waals surface area contributed by atoms with Gasteiger partial charge in [0, 0.05) is 12.6 Å². The Hall–Kier alpha value is -1.62. The van der Waals surface area contributed by atoms with E-state index in [4.69, 9.17) is 12.2 Å². The van der Waals surface area contributed by atoms with Crippen LogP contribution in [0.15, 0.2) is 30.3 Å². The lowest BCUT2D eigenvalue weighted by Crippen LogP contribution is -2.42. The molecule has 3 N–H and O–H groups in total. The highest BCUT2D eigenvalue weighted by Crippen LogP contribution is 2.18. The molecule has 0 aromatic heterocycles. The molecular weight excluding hydrogens is 258 g/mol. The first-order chi connectivity index (χ1) is 9.24. The van der Waals surface area contributed by atoms with Crippen LogP contribution in [-0.4, -0.2) is 30.2 Å². The molecule has 5 heteroatoms. The summed E-state index contributed by atoms with van der Waals surface area (Å²) < 4.78 is 0. The lowest BCUT2D eigenvalue weighted by molar-refractivity contribution is -0.120. The van der Waals surface area contributed by atoms with Crippen LogP contribution in [0.5, 0.6) is 0 Å². The number of amides is 1. The third kappa shape index (κ3) is 5.70. The van der Waals surface area contributed by atoms with Crippen LogP contribution in [0.25, 0.3) is 0 Å². The van der Waals surface area contributed by atoms with Gasteiger partial charge in [-0.05, 0) is 37.0 Å². The first kappa shape index (κ1) is 13.8. The second kappa shape index (κ2) is 7.09. The summed E-state index contributed by atoms with van der Waals surface area (Å²) in [7, 11) is 0. The Labute approximate surface area is 119 Å². The van der Waals surface area contributed by atoms with Gasteiger partial charge < -0.3 is 16.0 Å². The molecule has 0 saturated heterocycles. The van der Waals surface area contributed by atoms with Crippen molar-refractivity contribution < 1.29 is 4.79 Å². The summed E-state index contributed by atoms with van der Waals surface area (Å²) in [5.74, 6) is 0.00899. The van der Waals surface area contributed by atoms with Crippen molar-refractivity contribution in [2.24, 2.45) is 0 Å². The van der Waals surface area contributed by atoms with Crippen LogP contribution in [0, 0.1) is 0 Å². The molecule has 4 nitrogen and oxygen atoms in total. The van der Waals surface area contributed by atoms with Gasteiger partial charge in [0.1, 0.15) is 0 Å². The molecule has 1 aliphatic rings. The normalized spacial score (nSPS) is 13.7. The smallest absolute Gasteiger partial charge is 0.239 e. The van der Waals surface area contributed by atoms with Gasteiger partial charge in [-0.3, -0.25) is 4.79 Å². The molecule has 0 radical (unpaired) electrons. The third-order valence-electron chi connectivity index (χ3n) is 2.89. The molecule has 1 fully saturated rings. The van der Waals surface area contributed by atoms with Crippen molar-refractivity contribution >= 4 is 23.2 Å². The summed E-state index contributed by atoms with van der Waals surface area (Å²) >= 11 is 5.11. The average Bonchev–Trinajstić information content (AvgIpc) is 3.22. The highest BCUT2D eigenvalue weighted by atomic mass is 32.1. The fourth-order valence-electron chi connectivity index (χ4n) is 1.69. The number of hydrogen-bond acceptors (Lipinski definition) is 2. The third-order valence-corrected chi connectivity index (χ3v) is 3.18. The Kier molecular flexibility index (Phi) is 5.15. The number of benzene rings is 1. The molecule has 2 rings (SSSR count). The lowest BCUT2D eigenvalue weighted by atomic mass is 10.1. The van der Waals surface area contributed by atoms with E-state index in [1.807, 2.05) is 18.2 Å². The van der Waals surface area contributed by atoms with Gasteiger partial charge in [0.15, 0.2) is 5.11 Å². The Morgan fingerprint density at radius 3 is 2.63 bits per heavy atom. The van der Waals surface area contributed by atoms with E-state index < -0.39 is 0 Å².